The Balaban J connectivity index is 1.73. The van der Waals surface area contributed by atoms with Crippen LogP contribution in [-0.2, 0) is 9.59 Å². The van der Waals surface area contributed by atoms with E-state index >= 15 is 0 Å². The van der Waals surface area contributed by atoms with Gasteiger partial charge in [-0.25, -0.2) is 4.98 Å². The maximum atomic E-state index is 13.1. The molecule has 2 aromatic heterocycles. The average molecular weight is 448 g/mol. The number of aromatic nitrogens is 2. The molecule has 2 aromatic carbocycles. The number of aliphatic hydroxyl groups is 1. The molecule has 152 valence electrons. The van der Waals surface area contributed by atoms with Gasteiger partial charge in [0.05, 0.1) is 21.8 Å². The van der Waals surface area contributed by atoms with Crippen molar-refractivity contribution in [3.63, 3.8) is 0 Å². The summed E-state index contributed by atoms with van der Waals surface area (Å²) >= 11 is 7.26. The lowest BCUT2D eigenvalue weighted by atomic mass is 9.96. The predicted octanol–water partition coefficient (Wildman–Crippen LogP) is 4.97. The number of carbonyl (C=O) groups excluding carboxylic acids is 2. The zero-order valence-corrected chi connectivity index (χ0v) is 17.5. The van der Waals surface area contributed by atoms with Crippen molar-refractivity contribution in [3.05, 3.63) is 94.8 Å². The van der Waals surface area contributed by atoms with Crippen LogP contribution in [0, 0.1) is 0 Å². The Morgan fingerprint density at radius 1 is 1.03 bits per heavy atom. The van der Waals surface area contributed by atoms with Crippen molar-refractivity contribution in [3.8, 4) is 0 Å². The first-order valence-electron chi connectivity index (χ1n) is 9.37. The molecule has 0 radical (unpaired) electrons. The van der Waals surface area contributed by atoms with E-state index in [-0.39, 0.29) is 11.3 Å². The molecule has 0 spiro atoms. The van der Waals surface area contributed by atoms with Gasteiger partial charge >= 0.3 is 5.91 Å². The fourth-order valence-corrected chi connectivity index (χ4v) is 4.73. The lowest BCUT2D eigenvalue weighted by Gasteiger charge is -2.22. The molecule has 5 rings (SSSR count). The lowest BCUT2D eigenvalue weighted by Crippen LogP contribution is -2.29. The Labute approximate surface area is 186 Å². The summed E-state index contributed by atoms with van der Waals surface area (Å²) < 4.78 is 0.891. The molecule has 1 saturated heterocycles. The Kier molecular flexibility index (Phi) is 4.77. The number of nitrogens with zero attached hydrogens (tertiary/aromatic N) is 3. The highest BCUT2D eigenvalue weighted by Gasteiger charge is 2.48. The number of anilines is 1. The van der Waals surface area contributed by atoms with E-state index < -0.39 is 17.7 Å². The van der Waals surface area contributed by atoms with Crippen LogP contribution in [0.25, 0.3) is 16.0 Å². The number of thiazole rings is 1. The van der Waals surface area contributed by atoms with Crippen LogP contribution in [0.5, 0.6) is 0 Å². The molecule has 0 aliphatic carbocycles. The van der Waals surface area contributed by atoms with Crippen LogP contribution in [0.15, 0.2) is 78.6 Å². The van der Waals surface area contributed by atoms with Crippen LogP contribution in [0.3, 0.4) is 0 Å². The summed E-state index contributed by atoms with van der Waals surface area (Å²) in [6.07, 6.45) is 3.18. The Morgan fingerprint density at radius 2 is 1.81 bits per heavy atom. The first-order chi connectivity index (χ1) is 15.0. The number of benzene rings is 2. The highest BCUT2D eigenvalue weighted by Crippen LogP contribution is 2.44. The summed E-state index contributed by atoms with van der Waals surface area (Å²) in [7, 11) is 0. The maximum absolute atomic E-state index is 13.1. The number of carbonyl (C=O) groups is 2. The fourth-order valence-electron chi connectivity index (χ4n) is 3.61. The van der Waals surface area contributed by atoms with Crippen molar-refractivity contribution < 1.29 is 14.7 Å². The van der Waals surface area contributed by atoms with Crippen LogP contribution in [0.1, 0.15) is 17.2 Å². The largest absolute Gasteiger partial charge is 0.507 e. The second-order valence-electron chi connectivity index (χ2n) is 6.93. The van der Waals surface area contributed by atoms with Crippen molar-refractivity contribution >= 4 is 55.7 Å². The first-order valence-corrected chi connectivity index (χ1v) is 10.6. The molecule has 6 nitrogen and oxygen atoms in total. The Bertz CT molecular complexity index is 1320. The van der Waals surface area contributed by atoms with Gasteiger partial charge in [-0.15, -0.1) is 0 Å². The van der Waals surface area contributed by atoms with Gasteiger partial charge in [0.1, 0.15) is 5.76 Å². The van der Waals surface area contributed by atoms with Gasteiger partial charge < -0.3 is 5.11 Å². The summed E-state index contributed by atoms with van der Waals surface area (Å²) in [5.74, 6) is -1.79. The van der Waals surface area contributed by atoms with E-state index in [1.54, 1.807) is 48.8 Å². The number of para-hydroxylation sites is 1. The smallest absolute Gasteiger partial charge is 0.301 e. The van der Waals surface area contributed by atoms with Gasteiger partial charge in [0.2, 0.25) is 0 Å². The third-order valence-corrected chi connectivity index (χ3v) is 6.34. The second-order valence-corrected chi connectivity index (χ2v) is 8.37. The van der Waals surface area contributed by atoms with Gasteiger partial charge in [-0.2, -0.15) is 0 Å². The highest BCUT2D eigenvalue weighted by molar-refractivity contribution is 7.22. The number of ketones is 1. The van der Waals surface area contributed by atoms with E-state index in [9.17, 15) is 14.7 Å². The van der Waals surface area contributed by atoms with Crippen molar-refractivity contribution in [2.24, 2.45) is 0 Å². The van der Waals surface area contributed by atoms with Crippen LogP contribution in [-0.4, -0.2) is 26.8 Å². The van der Waals surface area contributed by atoms with E-state index in [0.717, 1.165) is 10.2 Å². The van der Waals surface area contributed by atoms with Gasteiger partial charge in [-0.1, -0.05) is 41.1 Å². The third-order valence-electron chi connectivity index (χ3n) is 5.05. The van der Waals surface area contributed by atoms with Gasteiger partial charge in [-0.3, -0.25) is 19.5 Å². The van der Waals surface area contributed by atoms with Crippen LogP contribution >= 0.6 is 22.9 Å². The molecule has 1 unspecified atom stereocenters. The number of halogens is 1. The maximum Gasteiger partial charge on any atom is 0.301 e. The van der Waals surface area contributed by atoms with Crippen molar-refractivity contribution in [1.82, 2.24) is 9.97 Å². The lowest BCUT2D eigenvalue weighted by molar-refractivity contribution is -0.132. The first kappa shape index (κ1) is 19.4. The molecule has 0 bridgehead atoms. The molecule has 0 saturated carbocycles. The number of hydrogen-bond acceptors (Lipinski definition) is 6. The second kappa shape index (κ2) is 7.61. The van der Waals surface area contributed by atoms with Crippen LogP contribution in [0.4, 0.5) is 5.13 Å². The quantitative estimate of drug-likeness (QED) is 0.272. The average Bonchev–Trinajstić information content (AvgIpc) is 3.33. The number of rotatable bonds is 3. The van der Waals surface area contributed by atoms with E-state index in [1.807, 2.05) is 24.3 Å². The fraction of sp³-hybridized carbons (Fsp3) is 0.0435. The standard InChI is InChI=1S/C23H14ClN3O3S/c24-15-9-7-13(8-10-15)20(28)18-19(14-4-3-11-25-12-14)27(22(30)21(18)29)23-26-16-5-1-2-6-17(16)31-23/h1-12,19,28H. The summed E-state index contributed by atoms with van der Waals surface area (Å²) in [6, 6.07) is 16.5. The third kappa shape index (κ3) is 3.28. The van der Waals surface area contributed by atoms with Gasteiger partial charge in [0, 0.05) is 23.0 Å². The van der Waals surface area contributed by atoms with E-state index in [2.05, 4.69) is 9.97 Å². The van der Waals surface area contributed by atoms with Crippen LogP contribution < -0.4 is 4.90 Å². The topological polar surface area (TPSA) is 83.4 Å². The molecular formula is C23H14ClN3O3S. The number of hydrogen-bond donors (Lipinski definition) is 1. The molecule has 31 heavy (non-hydrogen) atoms. The number of Topliss-reactive ketones (excluding diaryl/α,β-unsaturated/α-hetero) is 1. The molecule has 4 aromatic rings. The minimum Gasteiger partial charge on any atom is -0.507 e. The van der Waals surface area contributed by atoms with Crippen molar-refractivity contribution in [2.75, 3.05) is 4.90 Å². The summed E-state index contributed by atoms with van der Waals surface area (Å²) in [5, 5.41) is 11.9. The summed E-state index contributed by atoms with van der Waals surface area (Å²) in [4.78, 5) is 36.3. The molecule has 1 amide bonds. The Morgan fingerprint density at radius 3 is 2.52 bits per heavy atom. The molecule has 1 aliphatic rings. The van der Waals surface area contributed by atoms with Gasteiger partial charge in [0.25, 0.3) is 5.78 Å². The summed E-state index contributed by atoms with van der Waals surface area (Å²) in [5.41, 5.74) is 1.70. The molecule has 8 heteroatoms. The molecular weight excluding hydrogens is 434 g/mol. The van der Waals surface area contributed by atoms with E-state index in [4.69, 9.17) is 11.6 Å². The van der Waals surface area contributed by atoms with Crippen molar-refractivity contribution in [1.29, 1.82) is 0 Å². The molecule has 1 fully saturated rings. The minimum absolute atomic E-state index is 0.0143. The summed E-state index contributed by atoms with van der Waals surface area (Å²) in [6.45, 7) is 0. The van der Waals surface area contributed by atoms with E-state index in [1.165, 1.54) is 16.2 Å². The molecule has 1 atom stereocenters. The van der Waals surface area contributed by atoms with Gasteiger partial charge in [-0.05, 0) is 48.0 Å². The minimum atomic E-state index is -0.857. The number of pyridine rings is 1. The molecule has 1 N–H and O–H groups in total. The zero-order valence-electron chi connectivity index (χ0n) is 15.9. The predicted molar refractivity (Wildman–Crippen MR) is 120 cm³/mol. The monoisotopic (exact) mass is 447 g/mol. The number of fused-ring (bicyclic) bond motifs is 1. The molecule has 1 aliphatic heterocycles. The number of aliphatic hydroxyl groups excluding tert-OH is 1. The number of amides is 1. The zero-order chi connectivity index (χ0) is 21.5. The SMILES string of the molecule is O=C1C(=O)N(c2nc3ccccc3s2)C(c2cccnc2)C1=C(O)c1ccc(Cl)cc1. The normalized spacial score (nSPS) is 18.1. The van der Waals surface area contributed by atoms with Crippen molar-refractivity contribution in [2.45, 2.75) is 6.04 Å². The molecule has 3 heterocycles. The highest BCUT2D eigenvalue weighted by atomic mass is 35.5. The van der Waals surface area contributed by atoms with Gasteiger partial charge in [0.15, 0.2) is 5.13 Å². The van der Waals surface area contributed by atoms with E-state index in [0.29, 0.717) is 21.3 Å². The Hall–Kier alpha value is -3.55. The van der Waals surface area contributed by atoms with Crippen LogP contribution in [0.2, 0.25) is 5.02 Å².